The first-order valence-corrected chi connectivity index (χ1v) is 8.69. The largest absolute Gasteiger partial charge is 0.462 e. The SMILES string of the molecule is CCOC(=O)c1cnc2c(cnn2C)c1NCCN1CC=C(C)CC1. The molecule has 0 bridgehead atoms. The van der Waals surface area contributed by atoms with E-state index in [1.54, 1.807) is 24.0 Å². The molecule has 0 spiro atoms. The molecule has 0 aromatic carbocycles. The zero-order valence-electron chi connectivity index (χ0n) is 15.1. The molecule has 1 aliphatic rings. The number of hydrogen-bond acceptors (Lipinski definition) is 6. The zero-order valence-corrected chi connectivity index (χ0v) is 15.1. The van der Waals surface area contributed by atoms with Crippen molar-refractivity contribution < 1.29 is 9.53 Å². The Balaban J connectivity index is 1.78. The van der Waals surface area contributed by atoms with E-state index in [1.165, 1.54) is 5.57 Å². The van der Waals surface area contributed by atoms with Gasteiger partial charge in [0.15, 0.2) is 5.65 Å². The Morgan fingerprint density at radius 1 is 1.40 bits per heavy atom. The fraction of sp³-hybridized carbons (Fsp3) is 0.500. The molecule has 0 saturated carbocycles. The van der Waals surface area contributed by atoms with Gasteiger partial charge >= 0.3 is 5.97 Å². The number of pyridine rings is 1. The van der Waals surface area contributed by atoms with Gasteiger partial charge in [0, 0.05) is 39.4 Å². The van der Waals surface area contributed by atoms with Crippen molar-refractivity contribution in [3.63, 3.8) is 0 Å². The number of carbonyl (C=O) groups excluding carboxylic acids is 1. The van der Waals surface area contributed by atoms with Crippen LogP contribution >= 0.6 is 0 Å². The summed E-state index contributed by atoms with van der Waals surface area (Å²) in [7, 11) is 1.84. The van der Waals surface area contributed by atoms with Crippen LogP contribution in [0.3, 0.4) is 0 Å². The van der Waals surface area contributed by atoms with Gasteiger partial charge in [-0.15, -0.1) is 0 Å². The van der Waals surface area contributed by atoms with E-state index in [9.17, 15) is 4.79 Å². The van der Waals surface area contributed by atoms with Gasteiger partial charge in [0.05, 0.1) is 23.9 Å². The Bertz CT molecular complexity index is 796. The summed E-state index contributed by atoms with van der Waals surface area (Å²) in [4.78, 5) is 19.0. The van der Waals surface area contributed by atoms with Gasteiger partial charge in [-0.25, -0.2) is 9.78 Å². The number of ether oxygens (including phenoxy) is 1. The van der Waals surface area contributed by atoms with Crippen LogP contribution in [0.5, 0.6) is 0 Å². The lowest BCUT2D eigenvalue weighted by Crippen LogP contribution is -2.33. The van der Waals surface area contributed by atoms with Crippen molar-refractivity contribution in [2.24, 2.45) is 7.05 Å². The third kappa shape index (κ3) is 3.82. The van der Waals surface area contributed by atoms with Crippen LogP contribution in [-0.4, -0.2) is 58.4 Å². The lowest BCUT2D eigenvalue weighted by Gasteiger charge is -2.25. The van der Waals surface area contributed by atoms with E-state index in [1.807, 2.05) is 7.05 Å². The second kappa shape index (κ2) is 7.65. The molecule has 2 aromatic rings. The molecule has 2 aromatic heterocycles. The molecular formula is C18H25N5O2. The number of hydrogen-bond donors (Lipinski definition) is 1. The molecule has 0 unspecified atom stereocenters. The topological polar surface area (TPSA) is 72.3 Å². The first-order valence-electron chi connectivity index (χ1n) is 8.69. The molecule has 7 nitrogen and oxygen atoms in total. The Labute approximate surface area is 147 Å². The van der Waals surface area contributed by atoms with E-state index in [2.05, 4.69) is 33.3 Å². The molecule has 3 rings (SSSR count). The Kier molecular flexibility index (Phi) is 5.33. The third-order valence-electron chi connectivity index (χ3n) is 4.51. The molecular weight excluding hydrogens is 318 g/mol. The quantitative estimate of drug-likeness (QED) is 0.640. The number of nitrogens with one attached hydrogen (secondary N) is 1. The minimum Gasteiger partial charge on any atom is -0.462 e. The number of aryl methyl sites for hydroxylation is 1. The Morgan fingerprint density at radius 2 is 2.24 bits per heavy atom. The molecule has 0 aliphatic carbocycles. The van der Waals surface area contributed by atoms with Crippen molar-refractivity contribution in [1.29, 1.82) is 0 Å². The van der Waals surface area contributed by atoms with Crippen LogP contribution in [0.1, 0.15) is 30.6 Å². The van der Waals surface area contributed by atoms with E-state index in [4.69, 9.17) is 4.74 Å². The number of anilines is 1. The normalized spacial score (nSPS) is 15.2. The highest BCUT2D eigenvalue weighted by atomic mass is 16.5. The van der Waals surface area contributed by atoms with Crippen molar-refractivity contribution in [3.05, 3.63) is 29.6 Å². The van der Waals surface area contributed by atoms with E-state index >= 15 is 0 Å². The van der Waals surface area contributed by atoms with Crippen molar-refractivity contribution in [1.82, 2.24) is 19.7 Å². The summed E-state index contributed by atoms with van der Waals surface area (Å²) in [6, 6.07) is 0. The highest BCUT2D eigenvalue weighted by Gasteiger charge is 2.18. The van der Waals surface area contributed by atoms with E-state index in [0.29, 0.717) is 12.2 Å². The summed E-state index contributed by atoms with van der Waals surface area (Å²) in [6.07, 6.45) is 6.70. The van der Waals surface area contributed by atoms with Crippen LogP contribution in [0.2, 0.25) is 0 Å². The maximum absolute atomic E-state index is 12.3. The minimum absolute atomic E-state index is 0.336. The highest BCUT2D eigenvalue weighted by Crippen LogP contribution is 2.26. The number of carbonyl (C=O) groups is 1. The van der Waals surface area contributed by atoms with Gasteiger partial charge in [-0.2, -0.15) is 5.10 Å². The molecule has 134 valence electrons. The molecule has 0 saturated heterocycles. The first-order chi connectivity index (χ1) is 12.1. The number of fused-ring (bicyclic) bond motifs is 1. The fourth-order valence-corrected chi connectivity index (χ4v) is 3.00. The lowest BCUT2D eigenvalue weighted by atomic mass is 10.1. The lowest BCUT2D eigenvalue weighted by molar-refractivity contribution is 0.0527. The van der Waals surface area contributed by atoms with Gasteiger partial charge in [-0.05, 0) is 20.3 Å². The number of esters is 1. The average Bonchev–Trinajstić information content (AvgIpc) is 2.98. The predicted octanol–water partition coefficient (Wildman–Crippen LogP) is 2.21. The smallest absolute Gasteiger partial charge is 0.341 e. The zero-order chi connectivity index (χ0) is 17.8. The molecule has 7 heteroatoms. The number of nitrogens with zero attached hydrogens (tertiary/aromatic N) is 4. The average molecular weight is 343 g/mol. The van der Waals surface area contributed by atoms with Crippen LogP contribution in [-0.2, 0) is 11.8 Å². The summed E-state index contributed by atoms with van der Waals surface area (Å²) in [6.45, 7) is 8.03. The van der Waals surface area contributed by atoms with E-state index < -0.39 is 0 Å². The minimum atomic E-state index is -0.361. The summed E-state index contributed by atoms with van der Waals surface area (Å²) < 4.78 is 6.87. The van der Waals surface area contributed by atoms with Crippen molar-refractivity contribution in [2.45, 2.75) is 20.3 Å². The van der Waals surface area contributed by atoms with Crippen LogP contribution in [0, 0.1) is 0 Å². The molecule has 25 heavy (non-hydrogen) atoms. The molecule has 1 aliphatic heterocycles. The van der Waals surface area contributed by atoms with Gasteiger partial charge in [0.2, 0.25) is 0 Å². The maximum Gasteiger partial charge on any atom is 0.341 e. The van der Waals surface area contributed by atoms with Crippen LogP contribution in [0.4, 0.5) is 5.69 Å². The van der Waals surface area contributed by atoms with Gasteiger partial charge in [-0.3, -0.25) is 9.58 Å². The second-order valence-corrected chi connectivity index (χ2v) is 6.30. The summed E-state index contributed by atoms with van der Waals surface area (Å²) in [5.41, 5.74) is 3.41. The molecule has 3 heterocycles. The molecule has 0 fully saturated rings. The predicted molar refractivity (Wildman–Crippen MR) is 97.8 cm³/mol. The Hall–Kier alpha value is -2.41. The summed E-state index contributed by atoms with van der Waals surface area (Å²) >= 11 is 0. The monoisotopic (exact) mass is 343 g/mol. The highest BCUT2D eigenvalue weighted by molar-refractivity contribution is 6.04. The number of aromatic nitrogens is 3. The summed E-state index contributed by atoms with van der Waals surface area (Å²) in [5.74, 6) is -0.361. The van der Waals surface area contributed by atoms with Gasteiger partial charge < -0.3 is 10.1 Å². The van der Waals surface area contributed by atoms with E-state index in [-0.39, 0.29) is 5.97 Å². The molecule has 0 atom stereocenters. The molecule has 1 N–H and O–H groups in total. The van der Waals surface area contributed by atoms with Gasteiger partial charge in [-0.1, -0.05) is 11.6 Å². The molecule has 0 amide bonds. The van der Waals surface area contributed by atoms with Crippen molar-refractivity contribution in [2.75, 3.05) is 38.1 Å². The molecule has 0 radical (unpaired) electrons. The van der Waals surface area contributed by atoms with Gasteiger partial charge in [0.25, 0.3) is 0 Å². The van der Waals surface area contributed by atoms with Crippen molar-refractivity contribution >= 4 is 22.7 Å². The van der Waals surface area contributed by atoms with E-state index in [0.717, 1.165) is 49.3 Å². The first kappa shape index (κ1) is 17.4. The standard InChI is InChI=1S/C18H25N5O2/c1-4-25-18(24)15-11-20-17-14(12-21-22(17)3)16(15)19-7-10-23-8-5-13(2)6-9-23/h5,11-12H,4,6-10H2,1-3H3,(H,19,20). The van der Waals surface area contributed by atoms with Gasteiger partial charge in [0.1, 0.15) is 5.56 Å². The maximum atomic E-state index is 12.3. The summed E-state index contributed by atoms with van der Waals surface area (Å²) in [5, 5.41) is 8.50. The fourth-order valence-electron chi connectivity index (χ4n) is 3.00. The van der Waals surface area contributed by atoms with Crippen LogP contribution < -0.4 is 5.32 Å². The Morgan fingerprint density at radius 3 is 2.96 bits per heavy atom. The van der Waals surface area contributed by atoms with Crippen LogP contribution in [0.15, 0.2) is 24.0 Å². The third-order valence-corrected chi connectivity index (χ3v) is 4.51. The number of rotatable bonds is 6. The second-order valence-electron chi connectivity index (χ2n) is 6.30. The van der Waals surface area contributed by atoms with Crippen LogP contribution in [0.25, 0.3) is 11.0 Å². The van der Waals surface area contributed by atoms with Crippen molar-refractivity contribution in [3.8, 4) is 0 Å².